The Hall–Kier alpha value is -5.74. The molecule has 2 aliphatic carbocycles. The number of hydrogen-bond acceptors (Lipinski definition) is 2. The van der Waals surface area contributed by atoms with Crippen molar-refractivity contribution >= 4 is 83.2 Å². The van der Waals surface area contributed by atoms with E-state index in [2.05, 4.69) is 176 Å². The molecule has 5 aromatic carbocycles. The molecule has 0 saturated carbocycles. The largest absolute Gasteiger partial charge is 0.294 e. The molecule has 2 atom stereocenters. The summed E-state index contributed by atoms with van der Waals surface area (Å²) < 4.78 is 2.43. The van der Waals surface area contributed by atoms with Crippen LogP contribution in [0.15, 0.2) is 151 Å². The van der Waals surface area contributed by atoms with Gasteiger partial charge in [0, 0.05) is 41.0 Å². The van der Waals surface area contributed by atoms with Gasteiger partial charge >= 0.3 is 0 Å². The van der Waals surface area contributed by atoms with Crippen LogP contribution in [0.4, 0.5) is 0 Å². The minimum absolute atomic E-state index is 0.133. The molecule has 0 saturated heterocycles. The molecule has 0 radical (unpaired) electrons. The van der Waals surface area contributed by atoms with E-state index in [9.17, 15) is 0 Å². The third kappa shape index (κ3) is 4.96. The second kappa shape index (κ2) is 12.8. The van der Waals surface area contributed by atoms with Gasteiger partial charge in [0.15, 0.2) is 0 Å². The molecule has 0 N–H and O–H groups in total. The van der Waals surface area contributed by atoms with Gasteiger partial charge in [-0.2, -0.15) is 0 Å². The van der Waals surface area contributed by atoms with Crippen LogP contribution in [0, 0.1) is 5.92 Å². The number of rotatable bonds is 5. The lowest BCUT2D eigenvalue weighted by Crippen LogP contribution is -2.56. The van der Waals surface area contributed by atoms with Crippen molar-refractivity contribution in [3.8, 4) is 28.2 Å². The Morgan fingerprint density at radius 2 is 1.17 bits per heavy atom. The molecule has 242 valence electrons. The van der Waals surface area contributed by atoms with Gasteiger partial charge in [0.25, 0.3) is 0 Å². The number of benzene rings is 5. The second-order valence-corrected chi connectivity index (χ2v) is 14.3. The molecule has 52 heavy (non-hydrogen) atoms. The van der Waals surface area contributed by atoms with E-state index in [0.29, 0.717) is 0 Å². The second-order valence-electron chi connectivity index (χ2n) is 14.3. The smallest absolute Gasteiger partial charge is 0.146 e. The first kappa shape index (κ1) is 32.2. The highest BCUT2D eigenvalue weighted by Crippen LogP contribution is 2.52. The number of fused-ring (bicyclic) bond motifs is 3. The molecular weight excluding hydrogens is 625 g/mol. The highest BCUT2D eigenvalue weighted by Gasteiger charge is 2.37. The Balaban J connectivity index is 1.32. The summed E-state index contributed by atoms with van der Waals surface area (Å²) in [6.45, 7) is 0. The zero-order chi connectivity index (χ0) is 35.5. The van der Waals surface area contributed by atoms with E-state index in [1.165, 1.54) is 72.0 Å². The van der Waals surface area contributed by atoms with Gasteiger partial charge in [-0.25, -0.2) is 4.98 Å². The Morgan fingerprint density at radius 3 is 1.90 bits per heavy atom. The summed E-state index contributed by atoms with van der Waals surface area (Å²) in [6, 6.07) is 39.6. The molecule has 2 aliphatic rings. The van der Waals surface area contributed by atoms with Crippen LogP contribution in [0.2, 0.25) is 0 Å². The van der Waals surface area contributed by atoms with Crippen LogP contribution >= 0.6 is 0 Å². The molecule has 7 aromatic rings. The predicted octanol–water partition coefficient (Wildman–Crippen LogP) is 1.74. The molecule has 0 fully saturated rings. The van der Waals surface area contributed by atoms with Gasteiger partial charge < -0.3 is 0 Å². The monoisotopic (exact) mass is 661 g/mol. The summed E-state index contributed by atoms with van der Waals surface area (Å²) in [5.41, 5.74) is 21.2. The van der Waals surface area contributed by atoms with Crippen LogP contribution in [0.5, 0.6) is 0 Å². The first-order valence-corrected chi connectivity index (χ1v) is 18.3. The lowest BCUT2D eigenvalue weighted by Gasteiger charge is -2.38. The molecule has 0 amide bonds. The van der Waals surface area contributed by atoms with Crippen molar-refractivity contribution in [2.75, 3.05) is 0 Å². The van der Waals surface area contributed by atoms with E-state index >= 15 is 0 Å². The minimum atomic E-state index is 0.133. The Morgan fingerprint density at radius 1 is 0.558 bits per heavy atom. The van der Waals surface area contributed by atoms with Gasteiger partial charge in [0.05, 0.1) is 11.0 Å². The highest BCUT2D eigenvalue weighted by atomic mass is 15.1. The van der Waals surface area contributed by atoms with Gasteiger partial charge in [0.2, 0.25) is 0 Å². The fourth-order valence-electron chi connectivity index (χ4n) is 8.80. The molecule has 9 rings (SSSR count). The average molecular weight is 661 g/mol. The van der Waals surface area contributed by atoms with Crippen LogP contribution in [0.3, 0.4) is 0 Å². The lowest BCUT2D eigenvalue weighted by atomic mass is 9.61. The van der Waals surface area contributed by atoms with Crippen LogP contribution in [0.25, 0.3) is 44.8 Å². The van der Waals surface area contributed by atoms with Gasteiger partial charge in [-0.3, -0.25) is 9.55 Å². The number of allylic oxidation sites excluding steroid dienone is 5. The highest BCUT2D eigenvalue weighted by molar-refractivity contribution is 6.68. The molecule has 0 aliphatic heterocycles. The average Bonchev–Trinajstić information content (AvgIpc) is 3.58. The lowest BCUT2D eigenvalue weighted by molar-refractivity contribution is 0.650. The maximum Gasteiger partial charge on any atom is 0.146 e. The van der Waals surface area contributed by atoms with Crippen LogP contribution < -0.4 is 27.3 Å². The zero-order valence-electron chi connectivity index (χ0n) is 30.4. The zero-order valence-corrected chi connectivity index (χ0v) is 30.4. The summed E-state index contributed by atoms with van der Waals surface area (Å²) in [5, 5.41) is 0. The van der Waals surface area contributed by atoms with E-state index in [1.54, 1.807) is 0 Å². The topological polar surface area (TPSA) is 30.7 Å². The van der Waals surface area contributed by atoms with Gasteiger partial charge in [0.1, 0.15) is 45.1 Å². The van der Waals surface area contributed by atoms with Crippen molar-refractivity contribution in [2.45, 2.75) is 5.92 Å². The number of pyridine rings is 1. The van der Waals surface area contributed by atoms with Gasteiger partial charge in [-0.1, -0.05) is 137 Å². The number of imidazole rings is 1. The minimum Gasteiger partial charge on any atom is -0.294 e. The standard InChI is InChI=1S/C44H36B5N3/c45-38-39(46)41(48)43(42(49)40(38)47)52-35-22-10-9-21-34(35)51-44(52)33-20-8-7-19-32(33)37-30-17-5-3-15-28(30)36(29-16-4-6-18-31(29)37)27-14-2-1-13-26(27)25-12-11-23-50-24-25/h1-24,28,36H,45-49H2. The van der Waals surface area contributed by atoms with E-state index in [0.717, 1.165) is 28.0 Å². The molecule has 3 nitrogen and oxygen atoms in total. The third-order valence-corrected chi connectivity index (χ3v) is 11.7. The first-order chi connectivity index (χ1) is 25.4. The van der Waals surface area contributed by atoms with Gasteiger partial charge in [-0.05, 0) is 57.2 Å². The van der Waals surface area contributed by atoms with Crippen molar-refractivity contribution in [2.24, 2.45) is 5.92 Å². The number of nitrogens with zero attached hydrogens (tertiary/aromatic N) is 3. The quantitative estimate of drug-likeness (QED) is 0.264. The normalized spacial score (nSPS) is 16.2. The maximum atomic E-state index is 5.45. The van der Waals surface area contributed by atoms with E-state index < -0.39 is 0 Å². The van der Waals surface area contributed by atoms with E-state index in [-0.39, 0.29) is 11.8 Å². The van der Waals surface area contributed by atoms with Crippen LogP contribution in [0.1, 0.15) is 28.2 Å². The summed E-state index contributed by atoms with van der Waals surface area (Å²) in [6.07, 6.45) is 13.0. The van der Waals surface area contributed by atoms with Crippen molar-refractivity contribution in [1.29, 1.82) is 0 Å². The fraction of sp³-hybridized carbons (Fsp3) is 0.0455. The summed E-state index contributed by atoms with van der Waals surface area (Å²) in [4.78, 5) is 9.94. The van der Waals surface area contributed by atoms with Gasteiger partial charge in [-0.15, -0.1) is 5.46 Å². The van der Waals surface area contributed by atoms with Crippen LogP contribution in [-0.2, 0) is 0 Å². The number of para-hydroxylation sites is 2. The molecule has 0 bridgehead atoms. The van der Waals surface area contributed by atoms with Crippen molar-refractivity contribution in [1.82, 2.24) is 14.5 Å². The van der Waals surface area contributed by atoms with Crippen molar-refractivity contribution in [3.63, 3.8) is 0 Å². The van der Waals surface area contributed by atoms with Crippen molar-refractivity contribution < 1.29 is 0 Å². The molecule has 2 unspecified atom stereocenters. The van der Waals surface area contributed by atoms with Crippen LogP contribution in [-0.4, -0.2) is 53.8 Å². The summed E-state index contributed by atoms with van der Waals surface area (Å²) in [7, 11) is 11.3. The third-order valence-electron chi connectivity index (χ3n) is 11.7. The Bertz CT molecular complexity index is 2630. The number of hydrogen-bond donors (Lipinski definition) is 0. The molecule has 0 spiro atoms. The molecular formula is C44H36B5N3. The number of aromatic nitrogens is 3. The summed E-state index contributed by atoms with van der Waals surface area (Å²) in [5.74, 6) is 1.24. The molecule has 8 heteroatoms. The molecule has 2 heterocycles. The molecule has 2 aromatic heterocycles. The first-order valence-electron chi connectivity index (χ1n) is 18.3. The Kier molecular flexibility index (Phi) is 7.92. The maximum absolute atomic E-state index is 5.45. The van der Waals surface area contributed by atoms with E-state index in [4.69, 9.17) is 4.98 Å². The fourth-order valence-corrected chi connectivity index (χ4v) is 8.80. The predicted molar refractivity (Wildman–Crippen MR) is 233 cm³/mol. The Labute approximate surface area is 310 Å². The van der Waals surface area contributed by atoms with E-state index in [1.807, 2.05) is 18.5 Å². The summed E-state index contributed by atoms with van der Waals surface area (Å²) >= 11 is 0. The SMILES string of the molecule is Bc1c(B)c(B)c(-n2c(-c3ccccc3C3=C4C=CC=CC4C(c4ccccc4-c4cccnc4)c4ccccc43)nc3ccccc32)c(B)c1B. The van der Waals surface area contributed by atoms with Crippen molar-refractivity contribution in [3.05, 3.63) is 174 Å².